The average Bonchev–Trinajstić information content (AvgIpc) is 3.38. The highest BCUT2D eigenvalue weighted by molar-refractivity contribution is 8.17. The number of thioether (sulfide) groups is 1. The standard InChI is InChI=1S/C23H21ClF3N5OS/c24-17-3-2-15(18(11-17)23(25,26)27)13-32-19-4-1-14(9-16(19)12-29-32)10-20-21(33)30-22(34-20)31-7-5-28-6-8-31/h1-4,9-12,21,28,33H,5-8,13H2. The Balaban J connectivity index is 1.37. The summed E-state index contributed by atoms with van der Waals surface area (Å²) in [5.74, 6) is 0. The summed E-state index contributed by atoms with van der Waals surface area (Å²) in [6.07, 6.45) is -1.90. The van der Waals surface area contributed by atoms with Gasteiger partial charge in [-0.15, -0.1) is 0 Å². The van der Waals surface area contributed by atoms with E-state index in [4.69, 9.17) is 11.6 Å². The van der Waals surface area contributed by atoms with Crippen molar-refractivity contribution in [2.75, 3.05) is 26.2 Å². The number of rotatable bonds is 3. The van der Waals surface area contributed by atoms with E-state index in [0.717, 1.165) is 53.3 Å². The Kier molecular flexibility index (Phi) is 6.32. The summed E-state index contributed by atoms with van der Waals surface area (Å²) in [5, 5.41) is 19.6. The third-order valence-corrected chi connectivity index (χ3v) is 7.10. The predicted molar refractivity (Wildman–Crippen MR) is 129 cm³/mol. The number of aromatic nitrogens is 2. The molecule has 178 valence electrons. The maximum Gasteiger partial charge on any atom is 0.416 e. The van der Waals surface area contributed by atoms with E-state index in [2.05, 4.69) is 20.3 Å². The summed E-state index contributed by atoms with van der Waals surface area (Å²) in [7, 11) is 0. The molecule has 0 radical (unpaired) electrons. The number of hydrogen-bond acceptors (Lipinski definition) is 6. The fraction of sp³-hybridized carbons (Fsp3) is 0.304. The van der Waals surface area contributed by atoms with Crippen LogP contribution in [-0.2, 0) is 12.7 Å². The summed E-state index contributed by atoms with van der Waals surface area (Å²) < 4.78 is 41.9. The lowest BCUT2D eigenvalue weighted by atomic mass is 10.1. The van der Waals surface area contributed by atoms with Gasteiger partial charge in [-0.3, -0.25) is 4.68 Å². The Morgan fingerprint density at radius 1 is 1.18 bits per heavy atom. The second-order valence-corrected chi connectivity index (χ2v) is 9.57. The Morgan fingerprint density at radius 3 is 2.74 bits per heavy atom. The van der Waals surface area contributed by atoms with E-state index in [1.807, 2.05) is 24.3 Å². The first-order chi connectivity index (χ1) is 16.3. The van der Waals surface area contributed by atoms with Gasteiger partial charge in [-0.25, -0.2) is 4.99 Å². The molecule has 0 saturated carbocycles. The highest BCUT2D eigenvalue weighted by Crippen LogP contribution is 2.35. The number of aliphatic hydroxyl groups is 1. The first-order valence-corrected chi connectivity index (χ1v) is 11.9. The summed E-state index contributed by atoms with van der Waals surface area (Å²) >= 11 is 7.25. The third kappa shape index (κ3) is 4.81. The van der Waals surface area contributed by atoms with Crippen LogP contribution < -0.4 is 5.32 Å². The lowest BCUT2D eigenvalue weighted by molar-refractivity contribution is -0.138. The molecule has 0 aliphatic carbocycles. The molecule has 1 aromatic heterocycles. The van der Waals surface area contributed by atoms with E-state index in [1.165, 1.54) is 28.6 Å². The number of fused-ring (bicyclic) bond motifs is 1. The number of benzene rings is 2. The van der Waals surface area contributed by atoms with Crippen molar-refractivity contribution in [1.29, 1.82) is 0 Å². The zero-order valence-corrected chi connectivity index (χ0v) is 19.5. The summed E-state index contributed by atoms with van der Waals surface area (Å²) in [6, 6.07) is 9.34. The average molecular weight is 508 g/mol. The minimum absolute atomic E-state index is 0.0353. The molecule has 3 heterocycles. The van der Waals surface area contributed by atoms with Crippen molar-refractivity contribution in [3.05, 3.63) is 69.2 Å². The number of halogens is 4. The van der Waals surface area contributed by atoms with Crippen LogP contribution >= 0.6 is 23.4 Å². The van der Waals surface area contributed by atoms with E-state index in [0.29, 0.717) is 5.52 Å². The van der Waals surface area contributed by atoms with E-state index < -0.39 is 18.0 Å². The monoisotopic (exact) mass is 507 g/mol. The maximum absolute atomic E-state index is 13.5. The molecule has 34 heavy (non-hydrogen) atoms. The Labute approximate surface area is 203 Å². The van der Waals surface area contributed by atoms with Gasteiger partial charge in [0.2, 0.25) is 0 Å². The number of alkyl halides is 3. The second kappa shape index (κ2) is 9.26. The molecule has 0 amide bonds. The zero-order chi connectivity index (χ0) is 23.9. The quantitative estimate of drug-likeness (QED) is 0.549. The van der Waals surface area contributed by atoms with Crippen molar-refractivity contribution >= 4 is 45.5 Å². The van der Waals surface area contributed by atoms with Crippen LogP contribution in [0.2, 0.25) is 5.02 Å². The highest BCUT2D eigenvalue weighted by Gasteiger charge is 2.33. The van der Waals surface area contributed by atoms with E-state index in [9.17, 15) is 18.3 Å². The highest BCUT2D eigenvalue weighted by atomic mass is 35.5. The van der Waals surface area contributed by atoms with Crippen molar-refractivity contribution in [3.63, 3.8) is 0 Å². The molecule has 2 aliphatic rings. The molecule has 1 fully saturated rings. The van der Waals surface area contributed by atoms with Gasteiger partial charge in [0.25, 0.3) is 0 Å². The first kappa shape index (κ1) is 23.2. The molecular formula is C23H21ClF3N5OS. The smallest absolute Gasteiger partial charge is 0.367 e. The molecule has 11 heteroatoms. The molecule has 1 saturated heterocycles. The molecule has 1 unspecified atom stereocenters. The molecule has 0 spiro atoms. The fourth-order valence-electron chi connectivity index (χ4n) is 4.06. The molecule has 5 rings (SSSR count). The molecule has 3 aromatic rings. The SMILES string of the molecule is OC1N=C(N2CCNCC2)SC1=Cc1ccc2c(cnn2Cc2ccc(Cl)cc2C(F)(F)F)c1. The van der Waals surface area contributed by atoms with Crippen molar-refractivity contribution in [2.24, 2.45) is 4.99 Å². The number of aliphatic hydroxyl groups excluding tert-OH is 1. The molecule has 2 aliphatic heterocycles. The van der Waals surface area contributed by atoms with Crippen LogP contribution in [0.25, 0.3) is 17.0 Å². The Hall–Kier alpha value is -2.53. The van der Waals surface area contributed by atoms with Gasteiger partial charge < -0.3 is 15.3 Å². The van der Waals surface area contributed by atoms with Crippen molar-refractivity contribution in [3.8, 4) is 0 Å². The number of nitrogens with zero attached hydrogens (tertiary/aromatic N) is 4. The maximum atomic E-state index is 13.5. The van der Waals surface area contributed by atoms with Gasteiger partial charge in [-0.2, -0.15) is 18.3 Å². The van der Waals surface area contributed by atoms with Gasteiger partial charge in [0.1, 0.15) is 0 Å². The van der Waals surface area contributed by atoms with Crippen LogP contribution in [0.4, 0.5) is 13.2 Å². The minimum atomic E-state index is -4.51. The van der Waals surface area contributed by atoms with Crippen LogP contribution in [0.5, 0.6) is 0 Å². The molecule has 2 aromatic carbocycles. The molecule has 1 atom stereocenters. The van der Waals surface area contributed by atoms with Gasteiger partial charge in [0.15, 0.2) is 11.4 Å². The summed E-state index contributed by atoms with van der Waals surface area (Å²) in [6.45, 7) is 3.43. The number of hydrogen-bond donors (Lipinski definition) is 2. The Bertz CT molecular complexity index is 1280. The molecule has 0 bridgehead atoms. The van der Waals surface area contributed by atoms with Crippen molar-refractivity contribution in [1.82, 2.24) is 20.0 Å². The summed E-state index contributed by atoms with van der Waals surface area (Å²) in [5.41, 5.74) is 0.893. The van der Waals surface area contributed by atoms with E-state index >= 15 is 0 Å². The zero-order valence-electron chi connectivity index (χ0n) is 17.9. The molecular weight excluding hydrogens is 487 g/mol. The van der Waals surface area contributed by atoms with Crippen molar-refractivity contribution in [2.45, 2.75) is 18.9 Å². The van der Waals surface area contributed by atoms with Gasteiger partial charge >= 0.3 is 6.18 Å². The van der Waals surface area contributed by atoms with Crippen LogP contribution in [0.1, 0.15) is 16.7 Å². The number of piperazine rings is 1. The first-order valence-electron chi connectivity index (χ1n) is 10.7. The minimum Gasteiger partial charge on any atom is -0.367 e. The van der Waals surface area contributed by atoms with Crippen LogP contribution in [0.15, 0.2) is 52.5 Å². The van der Waals surface area contributed by atoms with Crippen LogP contribution in [-0.4, -0.2) is 57.4 Å². The third-order valence-electron chi connectivity index (χ3n) is 5.76. The van der Waals surface area contributed by atoms with E-state index in [1.54, 1.807) is 6.20 Å². The van der Waals surface area contributed by atoms with Gasteiger partial charge in [0.05, 0.1) is 23.8 Å². The largest absolute Gasteiger partial charge is 0.416 e. The normalized spacial score (nSPS) is 20.4. The Morgan fingerprint density at radius 2 is 1.97 bits per heavy atom. The van der Waals surface area contributed by atoms with Crippen LogP contribution in [0.3, 0.4) is 0 Å². The lowest BCUT2D eigenvalue weighted by Gasteiger charge is -2.28. The molecule has 2 N–H and O–H groups in total. The number of aliphatic imine (C=N–C) groups is 1. The predicted octanol–water partition coefficient (Wildman–Crippen LogP) is 4.42. The van der Waals surface area contributed by atoms with Crippen molar-refractivity contribution < 1.29 is 18.3 Å². The van der Waals surface area contributed by atoms with Gasteiger partial charge in [-0.1, -0.05) is 35.5 Å². The number of amidine groups is 1. The van der Waals surface area contributed by atoms with Gasteiger partial charge in [-0.05, 0) is 41.5 Å². The topological polar surface area (TPSA) is 65.7 Å². The molecule has 6 nitrogen and oxygen atoms in total. The summed E-state index contributed by atoms with van der Waals surface area (Å²) in [4.78, 5) is 7.27. The number of nitrogens with one attached hydrogen (secondary N) is 1. The van der Waals surface area contributed by atoms with Crippen LogP contribution in [0, 0.1) is 0 Å². The van der Waals surface area contributed by atoms with Gasteiger partial charge in [0, 0.05) is 41.5 Å². The fourth-order valence-corrected chi connectivity index (χ4v) is 5.26. The second-order valence-electron chi connectivity index (χ2n) is 8.09. The lowest BCUT2D eigenvalue weighted by Crippen LogP contribution is -2.45. The van der Waals surface area contributed by atoms with E-state index in [-0.39, 0.29) is 17.1 Å².